The van der Waals surface area contributed by atoms with Crippen molar-refractivity contribution in [2.75, 3.05) is 6.61 Å². The van der Waals surface area contributed by atoms with Crippen LogP contribution >= 0.6 is 0 Å². The molecule has 0 radical (unpaired) electrons. The third-order valence-corrected chi connectivity index (χ3v) is 1.14. The Labute approximate surface area is 46.6 Å². The van der Waals surface area contributed by atoms with E-state index in [1.807, 2.05) is 0 Å². The van der Waals surface area contributed by atoms with Crippen LogP contribution in [0.2, 0.25) is 0 Å². The summed E-state index contributed by atoms with van der Waals surface area (Å²) < 4.78 is 4.63. The third kappa shape index (κ3) is 0.976. The van der Waals surface area contributed by atoms with E-state index in [2.05, 4.69) is 9.62 Å². The van der Waals surface area contributed by atoms with E-state index >= 15 is 0 Å². The van der Waals surface area contributed by atoms with Crippen molar-refractivity contribution in [1.82, 2.24) is 0 Å². The lowest BCUT2D eigenvalue weighted by atomic mass is 10.3. The molecule has 0 amide bonds. The van der Waals surface area contributed by atoms with E-state index in [0.29, 0.717) is 13.0 Å². The second-order valence-electron chi connectivity index (χ2n) is 1.69. The van der Waals surface area contributed by atoms with E-state index in [9.17, 15) is 0 Å². The fraction of sp³-hybridized carbons (Fsp3) is 1.00. The summed E-state index contributed by atoms with van der Waals surface area (Å²) in [5.74, 6) is 0. The van der Waals surface area contributed by atoms with Crippen LogP contribution in [-0.4, -0.2) is 29.4 Å². The van der Waals surface area contributed by atoms with Gasteiger partial charge in [0, 0.05) is 6.42 Å². The fourth-order valence-electron chi connectivity index (χ4n) is 0.660. The van der Waals surface area contributed by atoms with E-state index in [1.165, 1.54) is 0 Å². The number of rotatable bonds is 1. The molecule has 2 atom stereocenters. The molecule has 1 rings (SSSR count). The van der Waals surface area contributed by atoms with Gasteiger partial charge < -0.3 is 9.84 Å². The minimum Gasteiger partial charge on any atom is -0.366 e. The van der Waals surface area contributed by atoms with Crippen LogP contribution in [0, 0.1) is 0 Å². The summed E-state index contributed by atoms with van der Waals surface area (Å²) in [7, 11) is 0. The fourth-order valence-corrected chi connectivity index (χ4v) is 0.660. The number of hydrogen-bond acceptors (Lipinski definition) is 4. The van der Waals surface area contributed by atoms with Gasteiger partial charge in [-0.05, 0) is 0 Å². The maximum Gasteiger partial charge on any atom is 0.184 e. The minimum atomic E-state index is -0.944. The van der Waals surface area contributed by atoms with E-state index in [1.54, 1.807) is 0 Å². The normalized spacial score (nSPS) is 38.2. The van der Waals surface area contributed by atoms with E-state index in [0.717, 1.165) is 0 Å². The first-order chi connectivity index (χ1) is 3.84. The van der Waals surface area contributed by atoms with Crippen molar-refractivity contribution in [3.63, 3.8) is 0 Å². The Morgan fingerprint density at radius 1 is 1.62 bits per heavy atom. The molecule has 0 aromatic carbocycles. The molecule has 0 saturated carbocycles. The van der Waals surface area contributed by atoms with Gasteiger partial charge in [-0.1, -0.05) is 0 Å². The molecule has 1 aliphatic rings. The molecular weight excluding hydrogens is 112 g/mol. The molecule has 0 spiro atoms. The summed E-state index contributed by atoms with van der Waals surface area (Å²) in [6.45, 7) is 0.451. The largest absolute Gasteiger partial charge is 0.366 e. The van der Waals surface area contributed by atoms with Gasteiger partial charge in [-0.2, -0.15) is 0 Å². The maximum atomic E-state index is 8.68. The molecule has 0 aromatic rings. The zero-order valence-corrected chi connectivity index (χ0v) is 4.28. The Kier molecular flexibility index (Phi) is 1.80. The highest BCUT2D eigenvalue weighted by molar-refractivity contribution is 4.65. The lowest BCUT2D eigenvalue weighted by Gasteiger charge is -2.06. The van der Waals surface area contributed by atoms with Gasteiger partial charge >= 0.3 is 0 Å². The van der Waals surface area contributed by atoms with Crippen molar-refractivity contribution in [3.05, 3.63) is 0 Å². The summed E-state index contributed by atoms with van der Waals surface area (Å²) in [5.41, 5.74) is 0. The average Bonchev–Trinajstić information content (AvgIpc) is 2.14. The lowest BCUT2D eigenvalue weighted by Crippen LogP contribution is -2.22. The van der Waals surface area contributed by atoms with Crippen molar-refractivity contribution in [2.24, 2.45) is 0 Å². The van der Waals surface area contributed by atoms with Gasteiger partial charge in [0.2, 0.25) is 0 Å². The zero-order valence-electron chi connectivity index (χ0n) is 4.28. The molecule has 4 heteroatoms. The lowest BCUT2D eigenvalue weighted by molar-refractivity contribution is -0.306. The molecule has 8 heavy (non-hydrogen) atoms. The number of aliphatic hydroxyl groups is 1. The highest BCUT2D eigenvalue weighted by atomic mass is 17.1. The summed E-state index contributed by atoms with van der Waals surface area (Å²) in [4.78, 5) is 3.85. The molecule has 2 N–H and O–H groups in total. The van der Waals surface area contributed by atoms with Gasteiger partial charge in [-0.25, -0.2) is 4.89 Å². The Morgan fingerprint density at radius 3 is 2.62 bits per heavy atom. The monoisotopic (exact) mass is 120 g/mol. The van der Waals surface area contributed by atoms with Crippen LogP contribution in [-0.2, 0) is 9.62 Å². The smallest absolute Gasteiger partial charge is 0.184 e. The van der Waals surface area contributed by atoms with Crippen LogP contribution in [0.25, 0.3) is 0 Å². The molecule has 0 bridgehead atoms. The summed E-state index contributed by atoms with van der Waals surface area (Å²) in [6, 6.07) is 0. The van der Waals surface area contributed by atoms with Crippen molar-refractivity contribution in [2.45, 2.75) is 18.8 Å². The molecular formula is C4H8O4. The summed E-state index contributed by atoms with van der Waals surface area (Å²) in [6.07, 6.45) is -0.938. The molecule has 1 fully saturated rings. The van der Waals surface area contributed by atoms with Gasteiger partial charge in [0.1, 0.15) is 6.10 Å². The first kappa shape index (κ1) is 5.97. The molecule has 1 unspecified atom stereocenters. The Hall–Kier alpha value is -0.160. The van der Waals surface area contributed by atoms with Gasteiger partial charge in [0.25, 0.3) is 0 Å². The van der Waals surface area contributed by atoms with Crippen molar-refractivity contribution >= 4 is 0 Å². The molecule has 4 nitrogen and oxygen atoms in total. The third-order valence-electron chi connectivity index (χ3n) is 1.14. The summed E-state index contributed by atoms with van der Waals surface area (Å²) in [5, 5.41) is 16.7. The Balaban J connectivity index is 2.30. The van der Waals surface area contributed by atoms with Crippen LogP contribution < -0.4 is 0 Å². The number of ether oxygens (including phenoxy) is 1. The second kappa shape index (κ2) is 2.41. The topological polar surface area (TPSA) is 58.9 Å². The quantitative estimate of drug-likeness (QED) is 0.364. The molecule has 0 aromatic heterocycles. The Bertz CT molecular complexity index is 74.4. The van der Waals surface area contributed by atoms with Crippen molar-refractivity contribution < 1.29 is 20.0 Å². The van der Waals surface area contributed by atoms with Crippen molar-refractivity contribution in [3.8, 4) is 0 Å². The predicted molar refractivity (Wildman–Crippen MR) is 24.1 cm³/mol. The first-order valence-electron chi connectivity index (χ1n) is 2.44. The zero-order chi connectivity index (χ0) is 5.98. The maximum absolute atomic E-state index is 8.68. The van der Waals surface area contributed by atoms with Crippen LogP contribution in [0.5, 0.6) is 0 Å². The molecule has 48 valence electrons. The van der Waals surface area contributed by atoms with Gasteiger partial charge in [-0.15, -0.1) is 0 Å². The molecule has 1 heterocycles. The van der Waals surface area contributed by atoms with Gasteiger partial charge in [-0.3, -0.25) is 5.26 Å². The van der Waals surface area contributed by atoms with Crippen LogP contribution in [0.15, 0.2) is 0 Å². The summed E-state index contributed by atoms with van der Waals surface area (Å²) >= 11 is 0. The number of aliphatic hydroxyl groups excluding tert-OH is 1. The highest BCUT2D eigenvalue weighted by Gasteiger charge is 2.26. The van der Waals surface area contributed by atoms with E-state index in [4.69, 9.17) is 10.4 Å². The van der Waals surface area contributed by atoms with Crippen LogP contribution in [0.4, 0.5) is 0 Å². The van der Waals surface area contributed by atoms with Crippen molar-refractivity contribution in [1.29, 1.82) is 0 Å². The second-order valence-corrected chi connectivity index (χ2v) is 1.69. The van der Waals surface area contributed by atoms with E-state index in [-0.39, 0.29) is 0 Å². The van der Waals surface area contributed by atoms with E-state index < -0.39 is 12.4 Å². The Morgan fingerprint density at radius 2 is 2.38 bits per heavy atom. The number of hydrogen-bond donors (Lipinski definition) is 2. The van der Waals surface area contributed by atoms with Crippen LogP contribution in [0.3, 0.4) is 0 Å². The standard InChI is InChI=1S/C4H8O4/c5-4-3(8-6)1-2-7-4/h3-6H,1-2H2/t3?,4-/m1/s1. The SMILES string of the molecule is OOC1CCO[C@H]1O. The molecule has 1 aliphatic heterocycles. The first-order valence-corrected chi connectivity index (χ1v) is 2.44. The molecule has 0 aliphatic carbocycles. The molecule has 1 saturated heterocycles. The van der Waals surface area contributed by atoms with Crippen LogP contribution in [0.1, 0.15) is 6.42 Å². The van der Waals surface area contributed by atoms with Gasteiger partial charge in [0.15, 0.2) is 6.29 Å². The minimum absolute atomic E-state index is 0.451. The predicted octanol–water partition coefficient (Wildman–Crippen LogP) is -0.417. The average molecular weight is 120 g/mol. The van der Waals surface area contributed by atoms with Gasteiger partial charge in [0.05, 0.1) is 6.61 Å². The highest BCUT2D eigenvalue weighted by Crippen LogP contribution is 2.12.